The molecule has 0 heterocycles. The lowest BCUT2D eigenvalue weighted by molar-refractivity contribution is -0.123. The summed E-state index contributed by atoms with van der Waals surface area (Å²) in [7, 11) is 0. The number of benzene rings is 3. The number of nitrogens with two attached hydrogens (primary N) is 1. The fourth-order valence-electron chi connectivity index (χ4n) is 2.63. The molecule has 32 heavy (non-hydrogen) atoms. The van der Waals surface area contributed by atoms with Crippen molar-refractivity contribution in [3.63, 3.8) is 0 Å². The van der Waals surface area contributed by atoms with Gasteiger partial charge in [0.25, 0.3) is 0 Å². The summed E-state index contributed by atoms with van der Waals surface area (Å²) in [6.45, 7) is 0. The summed E-state index contributed by atoms with van der Waals surface area (Å²) in [6, 6.07) is 23.0. The highest BCUT2D eigenvalue weighted by molar-refractivity contribution is 5.99. The molecule has 0 aliphatic rings. The van der Waals surface area contributed by atoms with Crippen molar-refractivity contribution in [2.45, 2.75) is 12.5 Å². The number of carbonyl (C=O) groups is 3. The topological polar surface area (TPSA) is 135 Å². The maximum absolute atomic E-state index is 12.6. The second-order valence-corrected chi connectivity index (χ2v) is 6.64. The number of primary amides is 1. The van der Waals surface area contributed by atoms with Crippen LogP contribution in [0.15, 0.2) is 95.2 Å². The zero-order chi connectivity index (χ0) is 22.8. The fourth-order valence-corrected chi connectivity index (χ4v) is 2.63. The van der Waals surface area contributed by atoms with E-state index in [0.29, 0.717) is 22.8 Å². The van der Waals surface area contributed by atoms with E-state index in [1.165, 1.54) is 0 Å². The van der Waals surface area contributed by atoms with Gasteiger partial charge < -0.3 is 21.1 Å². The van der Waals surface area contributed by atoms with Crippen molar-refractivity contribution in [2.75, 3.05) is 5.32 Å². The first kappa shape index (κ1) is 22.2. The van der Waals surface area contributed by atoms with Crippen molar-refractivity contribution < 1.29 is 19.1 Å². The van der Waals surface area contributed by atoms with Gasteiger partial charge in [0, 0.05) is 5.69 Å². The van der Waals surface area contributed by atoms with Crippen LogP contribution in [-0.2, 0) is 9.59 Å². The summed E-state index contributed by atoms with van der Waals surface area (Å²) in [4.78, 5) is 36.1. The SMILES string of the molecule is NC(=O)C[C@@H](NC(=O)Oc1ccccc1)C(=O)Nc1ccc(N=Nc2ccccc2)cc1. The molecule has 0 radical (unpaired) electrons. The highest BCUT2D eigenvalue weighted by atomic mass is 16.6. The van der Waals surface area contributed by atoms with Gasteiger partial charge in [0.2, 0.25) is 11.8 Å². The molecule has 9 heteroatoms. The standard InChI is InChI=1S/C23H21N5O4/c24-21(29)15-20(26-23(31)32-19-9-5-2-6-10-19)22(30)25-16-11-13-18(14-12-16)28-27-17-7-3-1-4-8-17/h1-14,20H,15H2,(H2,24,29)(H,25,30)(H,26,31)/t20-/m1/s1. The molecule has 9 nitrogen and oxygen atoms in total. The summed E-state index contributed by atoms with van der Waals surface area (Å²) in [5, 5.41) is 13.2. The molecule has 0 unspecified atom stereocenters. The van der Waals surface area contributed by atoms with Crippen molar-refractivity contribution in [3.05, 3.63) is 84.9 Å². The van der Waals surface area contributed by atoms with E-state index >= 15 is 0 Å². The van der Waals surface area contributed by atoms with E-state index in [9.17, 15) is 14.4 Å². The predicted octanol–water partition coefficient (Wildman–Crippen LogP) is 4.07. The smallest absolute Gasteiger partial charge is 0.410 e. The van der Waals surface area contributed by atoms with Crippen molar-refractivity contribution in [2.24, 2.45) is 16.0 Å². The number of nitrogens with zero attached hydrogens (tertiary/aromatic N) is 2. The molecule has 0 bridgehead atoms. The Kier molecular flexibility index (Phi) is 7.63. The zero-order valence-corrected chi connectivity index (χ0v) is 17.0. The highest BCUT2D eigenvalue weighted by Crippen LogP contribution is 2.20. The summed E-state index contributed by atoms with van der Waals surface area (Å²) in [6.07, 6.45) is -1.27. The van der Waals surface area contributed by atoms with Crippen LogP contribution in [-0.4, -0.2) is 23.9 Å². The van der Waals surface area contributed by atoms with Crippen LogP contribution >= 0.6 is 0 Å². The molecule has 0 aliphatic heterocycles. The van der Waals surface area contributed by atoms with Crippen molar-refractivity contribution >= 4 is 35.0 Å². The van der Waals surface area contributed by atoms with Gasteiger partial charge in [-0.15, -0.1) is 0 Å². The molecule has 3 aromatic carbocycles. The van der Waals surface area contributed by atoms with E-state index in [2.05, 4.69) is 20.9 Å². The lowest BCUT2D eigenvalue weighted by Crippen LogP contribution is -2.47. The number of azo groups is 1. The summed E-state index contributed by atoms with van der Waals surface area (Å²) >= 11 is 0. The summed E-state index contributed by atoms with van der Waals surface area (Å²) in [5.41, 5.74) is 6.97. The van der Waals surface area contributed by atoms with Gasteiger partial charge in [0.1, 0.15) is 11.8 Å². The van der Waals surface area contributed by atoms with Gasteiger partial charge in [0.05, 0.1) is 17.8 Å². The maximum Gasteiger partial charge on any atom is 0.413 e. The van der Waals surface area contributed by atoms with E-state index < -0.39 is 23.9 Å². The number of nitrogens with one attached hydrogen (secondary N) is 2. The molecule has 4 N–H and O–H groups in total. The van der Waals surface area contributed by atoms with Crippen LogP contribution in [0.4, 0.5) is 21.9 Å². The molecule has 1 atom stereocenters. The Balaban J connectivity index is 1.60. The van der Waals surface area contributed by atoms with Gasteiger partial charge in [-0.25, -0.2) is 4.79 Å². The normalized spacial score (nSPS) is 11.5. The Hall–Kier alpha value is -4.53. The summed E-state index contributed by atoms with van der Waals surface area (Å²) in [5.74, 6) is -1.07. The van der Waals surface area contributed by atoms with Crippen molar-refractivity contribution in [1.82, 2.24) is 5.32 Å². The van der Waals surface area contributed by atoms with Gasteiger partial charge in [-0.05, 0) is 48.5 Å². The first-order chi connectivity index (χ1) is 15.5. The van der Waals surface area contributed by atoms with Crippen molar-refractivity contribution in [3.8, 4) is 5.75 Å². The molecule has 0 spiro atoms. The van der Waals surface area contributed by atoms with Crippen LogP contribution in [0.5, 0.6) is 5.75 Å². The van der Waals surface area contributed by atoms with Crippen LogP contribution in [0.25, 0.3) is 0 Å². The first-order valence-electron chi connectivity index (χ1n) is 9.69. The minimum Gasteiger partial charge on any atom is -0.410 e. The average Bonchev–Trinajstić information content (AvgIpc) is 2.79. The monoisotopic (exact) mass is 431 g/mol. The van der Waals surface area contributed by atoms with E-state index in [1.54, 1.807) is 54.6 Å². The minimum atomic E-state index is -1.21. The predicted molar refractivity (Wildman–Crippen MR) is 119 cm³/mol. The lowest BCUT2D eigenvalue weighted by atomic mass is 10.1. The van der Waals surface area contributed by atoms with Crippen LogP contribution in [0.3, 0.4) is 0 Å². The molecule has 3 rings (SSSR count). The second-order valence-electron chi connectivity index (χ2n) is 6.64. The number of rotatable bonds is 8. The molecular formula is C23H21N5O4. The van der Waals surface area contributed by atoms with E-state index in [1.807, 2.05) is 30.3 Å². The molecule has 0 aliphatic carbocycles. The third-order valence-corrected chi connectivity index (χ3v) is 4.14. The van der Waals surface area contributed by atoms with Crippen molar-refractivity contribution in [1.29, 1.82) is 0 Å². The number of hydrogen-bond donors (Lipinski definition) is 3. The fraction of sp³-hybridized carbons (Fsp3) is 0.0870. The van der Waals surface area contributed by atoms with Gasteiger partial charge in [-0.1, -0.05) is 36.4 Å². The van der Waals surface area contributed by atoms with Gasteiger partial charge in [-0.2, -0.15) is 10.2 Å². The molecule has 0 saturated carbocycles. The number of ether oxygens (including phenoxy) is 1. The number of anilines is 1. The highest BCUT2D eigenvalue weighted by Gasteiger charge is 2.24. The molecule has 0 fully saturated rings. The van der Waals surface area contributed by atoms with Crippen LogP contribution in [0, 0.1) is 0 Å². The Bertz CT molecular complexity index is 1090. The second kappa shape index (κ2) is 11.0. The van der Waals surface area contributed by atoms with E-state index in [4.69, 9.17) is 10.5 Å². The molecule has 0 aromatic heterocycles. The Morgan fingerprint density at radius 2 is 1.38 bits per heavy atom. The third-order valence-electron chi connectivity index (χ3n) is 4.14. The van der Waals surface area contributed by atoms with E-state index in [0.717, 1.165) is 0 Å². The summed E-state index contributed by atoms with van der Waals surface area (Å²) < 4.78 is 5.10. The molecule has 3 amide bonds. The number of carbonyl (C=O) groups excluding carboxylic acids is 3. The molecule has 0 saturated heterocycles. The van der Waals surface area contributed by atoms with Crippen LogP contribution in [0.2, 0.25) is 0 Å². The molecule has 3 aromatic rings. The van der Waals surface area contributed by atoms with E-state index in [-0.39, 0.29) is 6.42 Å². The zero-order valence-electron chi connectivity index (χ0n) is 17.0. The van der Waals surface area contributed by atoms with Gasteiger partial charge in [-0.3, -0.25) is 9.59 Å². The molecule has 162 valence electrons. The van der Waals surface area contributed by atoms with Crippen LogP contribution < -0.4 is 21.1 Å². The number of amides is 3. The lowest BCUT2D eigenvalue weighted by Gasteiger charge is -2.17. The minimum absolute atomic E-state index is 0.295. The first-order valence-corrected chi connectivity index (χ1v) is 9.69. The number of hydrogen-bond acceptors (Lipinski definition) is 6. The Labute approximate surface area is 184 Å². The maximum atomic E-state index is 12.6. The Morgan fingerprint density at radius 3 is 1.97 bits per heavy atom. The Morgan fingerprint density at radius 1 is 0.812 bits per heavy atom. The third kappa shape index (κ3) is 7.06. The van der Waals surface area contributed by atoms with Gasteiger partial charge in [0.15, 0.2) is 0 Å². The largest absolute Gasteiger partial charge is 0.413 e. The van der Waals surface area contributed by atoms with Crippen LogP contribution in [0.1, 0.15) is 6.42 Å². The number of para-hydroxylation sites is 1. The average molecular weight is 431 g/mol. The van der Waals surface area contributed by atoms with Gasteiger partial charge >= 0.3 is 6.09 Å². The quantitative estimate of drug-likeness (QED) is 0.463. The molecular weight excluding hydrogens is 410 g/mol.